The van der Waals surface area contributed by atoms with E-state index in [0.717, 1.165) is 24.1 Å². The smallest absolute Gasteiger partial charge is 0.293 e. The molecule has 1 saturated heterocycles. The van der Waals surface area contributed by atoms with E-state index in [1.165, 1.54) is 0 Å². The fourth-order valence-electron chi connectivity index (χ4n) is 2.06. The lowest BCUT2D eigenvalue weighted by atomic mass is 10.2. The Balaban J connectivity index is 2.33. The largest absolute Gasteiger partial charge is 0.363 e. The molecule has 1 N–H and O–H groups in total. The normalized spacial score (nSPS) is 20.4. The van der Waals surface area contributed by atoms with Crippen molar-refractivity contribution < 1.29 is 4.92 Å². The Morgan fingerprint density at radius 2 is 2.35 bits per heavy atom. The summed E-state index contributed by atoms with van der Waals surface area (Å²) in [6, 6.07) is 5.56. The number of anilines is 1. The minimum absolute atomic E-state index is 0.161. The highest BCUT2D eigenvalue weighted by Gasteiger charge is 2.23. The fraction of sp³-hybridized carbons (Fsp3) is 0.455. The van der Waals surface area contributed by atoms with Crippen molar-refractivity contribution in [1.82, 2.24) is 5.32 Å². The Bertz CT molecular complexity index is 439. The fourth-order valence-corrected chi connectivity index (χ4v) is 2.41. The zero-order valence-electron chi connectivity index (χ0n) is 9.52. The van der Waals surface area contributed by atoms with Crippen molar-refractivity contribution in [2.75, 3.05) is 24.5 Å². The van der Waals surface area contributed by atoms with Crippen molar-refractivity contribution >= 4 is 27.3 Å². The third kappa shape index (κ3) is 2.76. The Labute approximate surface area is 108 Å². The minimum Gasteiger partial charge on any atom is -0.363 e. The standard InChI is InChI=1S/C11H14BrN3O2/c1-8-7-14(5-4-13-8)10-3-2-9(12)6-11(10)15(16)17/h2-3,6,8,13H,4-5,7H2,1H3/t8-/m1/s1. The van der Waals surface area contributed by atoms with Crippen LogP contribution in [-0.4, -0.2) is 30.6 Å². The second-order valence-corrected chi connectivity index (χ2v) is 5.11. The highest BCUT2D eigenvalue weighted by atomic mass is 79.9. The van der Waals surface area contributed by atoms with E-state index >= 15 is 0 Å². The first-order valence-electron chi connectivity index (χ1n) is 5.50. The number of nitro benzene ring substituents is 1. The van der Waals surface area contributed by atoms with Gasteiger partial charge in [-0.3, -0.25) is 10.1 Å². The molecule has 1 aromatic rings. The van der Waals surface area contributed by atoms with Crippen molar-refractivity contribution in [3.05, 3.63) is 32.8 Å². The topological polar surface area (TPSA) is 58.4 Å². The average Bonchev–Trinajstić information content (AvgIpc) is 2.28. The predicted molar refractivity (Wildman–Crippen MR) is 70.5 cm³/mol. The molecule has 0 bridgehead atoms. The molecule has 0 spiro atoms. The van der Waals surface area contributed by atoms with Crippen LogP contribution in [0.25, 0.3) is 0 Å². The van der Waals surface area contributed by atoms with E-state index < -0.39 is 0 Å². The second-order valence-electron chi connectivity index (χ2n) is 4.19. The molecule has 0 aromatic heterocycles. The van der Waals surface area contributed by atoms with E-state index in [2.05, 4.69) is 33.1 Å². The first-order valence-corrected chi connectivity index (χ1v) is 6.29. The number of nitro groups is 1. The molecule has 1 aliphatic rings. The van der Waals surface area contributed by atoms with Gasteiger partial charge < -0.3 is 10.2 Å². The molecule has 0 aliphatic carbocycles. The zero-order chi connectivity index (χ0) is 12.4. The number of benzene rings is 1. The molecule has 1 fully saturated rings. The van der Waals surface area contributed by atoms with Gasteiger partial charge in [0, 0.05) is 36.2 Å². The van der Waals surface area contributed by atoms with Crippen LogP contribution in [0.5, 0.6) is 0 Å². The monoisotopic (exact) mass is 299 g/mol. The third-order valence-corrected chi connectivity index (χ3v) is 3.34. The number of hydrogen-bond acceptors (Lipinski definition) is 4. The SMILES string of the molecule is C[C@@H]1CN(c2ccc(Br)cc2[N+](=O)[O-])CCN1. The van der Waals surface area contributed by atoms with Crippen LogP contribution in [0, 0.1) is 10.1 Å². The third-order valence-electron chi connectivity index (χ3n) is 2.84. The summed E-state index contributed by atoms with van der Waals surface area (Å²) in [6.07, 6.45) is 0. The number of hydrogen-bond donors (Lipinski definition) is 1. The van der Waals surface area contributed by atoms with Crippen LogP contribution >= 0.6 is 15.9 Å². The second kappa shape index (κ2) is 5.01. The Morgan fingerprint density at radius 1 is 1.59 bits per heavy atom. The molecule has 1 aromatic carbocycles. The highest BCUT2D eigenvalue weighted by molar-refractivity contribution is 9.10. The van der Waals surface area contributed by atoms with Gasteiger partial charge in [-0.15, -0.1) is 0 Å². The van der Waals surface area contributed by atoms with Crippen LogP contribution in [0.3, 0.4) is 0 Å². The Morgan fingerprint density at radius 3 is 3.00 bits per heavy atom. The quantitative estimate of drug-likeness (QED) is 0.671. The van der Waals surface area contributed by atoms with Crippen LogP contribution in [0.15, 0.2) is 22.7 Å². The summed E-state index contributed by atoms with van der Waals surface area (Å²) in [5, 5.41) is 14.4. The number of piperazine rings is 1. The van der Waals surface area contributed by atoms with E-state index in [1.54, 1.807) is 12.1 Å². The first-order chi connectivity index (χ1) is 8.08. The van der Waals surface area contributed by atoms with E-state index in [9.17, 15) is 10.1 Å². The van der Waals surface area contributed by atoms with E-state index in [-0.39, 0.29) is 10.6 Å². The van der Waals surface area contributed by atoms with Crippen molar-refractivity contribution in [1.29, 1.82) is 0 Å². The molecule has 92 valence electrons. The summed E-state index contributed by atoms with van der Waals surface area (Å²) in [7, 11) is 0. The van der Waals surface area contributed by atoms with Crippen molar-refractivity contribution in [3.63, 3.8) is 0 Å². The molecule has 2 rings (SSSR count). The van der Waals surface area contributed by atoms with E-state index in [0.29, 0.717) is 11.7 Å². The van der Waals surface area contributed by atoms with Gasteiger partial charge in [-0.2, -0.15) is 0 Å². The lowest BCUT2D eigenvalue weighted by Crippen LogP contribution is -2.49. The number of nitrogens with one attached hydrogen (secondary N) is 1. The Kier molecular flexibility index (Phi) is 3.63. The number of nitrogens with zero attached hydrogens (tertiary/aromatic N) is 2. The van der Waals surface area contributed by atoms with Crippen molar-refractivity contribution in [2.24, 2.45) is 0 Å². The molecular formula is C11H14BrN3O2. The molecular weight excluding hydrogens is 286 g/mol. The van der Waals surface area contributed by atoms with E-state index in [1.807, 2.05) is 6.07 Å². The molecule has 0 radical (unpaired) electrons. The summed E-state index contributed by atoms with van der Waals surface area (Å²) in [4.78, 5) is 12.8. The summed E-state index contributed by atoms with van der Waals surface area (Å²) >= 11 is 3.27. The molecule has 0 saturated carbocycles. The Hall–Kier alpha value is -1.14. The van der Waals surface area contributed by atoms with Gasteiger partial charge in [-0.25, -0.2) is 0 Å². The van der Waals surface area contributed by atoms with Gasteiger partial charge in [0.25, 0.3) is 5.69 Å². The lowest BCUT2D eigenvalue weighted by Gasteiger charge is -2.33. The van der Waals surface area contributed by atoms with Gasteiger partial charge in [0.15, 0.2) is 0 Å². The van der Waals surface area contributed by atoms with Gasteiger partial charge in [0.1, 0.15) is 5.69 Å². The van der Waals surface area contributed by atoms with Crippen molar-refractivity contribution in [2.45, 2.75) is 13.0 Å². The van der Waals surface area contributed by atoms with Crippen LogP contribution in [-0.2, 0) is 0 Å². The maximum atomic E-state index is 11.0. The summed E-state index contributed by atoms with van der Waals surface area (Å²) < 4.78 is 0.733. The molecule has 1 atom stereocenters. The molecule has 1 aliphatic heterocycles. The van der Waals surface area contributed by atoms with Crippen LogP contribution < -0.4 is 10.2 Å². The molecule has 0 unspecified atom stereocenters. The summed E-state index contributed by atoms with van der Waals surface area (Å²) in [5.41, 5.74) is 0.861. The summed E-state index contributed by atoms with van der Waals surface area (Å²) in [5.74, 6) is 0. The first kappa shape index (κ1) is 12.3. The van der Waals surface area contributed by atoms with Gasteiger partial charge in [-0.05, 0) is 19.1 Å². The van der Waals surface area contributed by atoms with Crippen LogP contribution in [0.2, 0.25) is 0 Å². The summed E-state index contributed by atoms with van der Waals surface area (Å²) in [6.45, 7) is 4.53. The molecule has 6 heteroatoms. The molecule has 17 heavy (non-hydrogen) atoms. The predicted octanol–water partition coefficient (Wildman–Crippen LogP) is 2.16. The highest BCUT2D eigenvalue weighted by Crippen LogP contribution is 2.31. The maximum Gasteiger partial charge on any atom is 0.293 e. The minimum atomic E-state index is -0.327. The number of rotatable bonds is 2. The number of halogens is 1. The zero-order valence-corrected chi connectivity index (χ0v) is 11.1. The molecule has 0 amide bonds. The van der Waals surface area contributed by atoms with Gasteiger partial charge in [-0.1, -0.05) is 15.9 Å². The molecule has 1 heterocycles. The van der Waals surface area contributed by atoms with Crippen LogP contribution in [0.1, 0.15) is 6.92 Å². The van der Waals surface area contributed by atoms with Gasteiger partial charge in [0.2, 0.25) is 0 Å². The van der Waals surface area contributed by atoms with E-state index in [4.69, 9.17) is 0 Å². The maximum absolute atomic E-state index is 11.0. The lowest BCUT2D eigenvalue weighted by molar-refractivity contribution is -0.384. The van der Waals surface area contributed by atoms with Gasteiger partial charge in [0.05, 0.1) is 4.92 Å². The van der Waals surface area contributed by atoms with Gasteiger partial charge >= 0.3 is 0 Å². The average molecular weight is 300 g/mol. The van der Waals surface area contributed by atoms with Crippen LogP contribution in [0.4, 0.5) is 11.4 Å². The van der Waals surface area contributed by atoms with Crippen molar-refractivity contribution in [3.8, 4) is 0 Å². The molecule has 5 nitrogen and oxygen atoms in total.